The lowest BCUT2D eigenvalue weighted by Gasteiger charge is -2.22. The maximum absolute atomic E-state index is 13.6. The van der Waals surface area contributed by atoms with E-state index in [1.54, 1.807) is 18.2 Å². The number of nitrogens with one attached hydrogen (secondary N) is 1. The Balaban J connectivity index is 1.75. The number of carbonyl (C=O) groups is 2. The highest BCUT2D eigenvalue weighted by molar-refractivity contribution is 5.94. The summed E-state index contributed by atoms with van der Waals surface area (Å²) < 4.78 is 1.38. The normalized spacial score (nSPS) is 10.9. The minimum absolute atomic E-state index is 0.00412. The van der Waals surface area contributed by atoms with Gasteiger partial charge < -0.3 is 5.32 Å². The van der Waals surface area contributed by atoms with Crippen LogP contribution in [0.25, 0.3) is 11.0 Å². The van der Waals surface area contributed by atoms with Gasteiger partial charge in [-0.25, -0.2) is 4.98 Å². The quantitative estimate of drug-likeness (QED) is 0.451. The molecule has 4 aromatic rings. The number of benzene rings is 3. The van der Waals surface area contributed by atoms with Crippen LogP contribution in [0.1, 0.15) is 29.2 Å². The molecule has 0 spiro atoms. The summed E-state index contributed by atoms with van der Waals surface area (Å²) in [5.41, 5.74) is 5.18. The average molecular weight is 469 g/mol. The summed E-state index contributed by atoms with van der Waals surface area (Å²) >= 11 is 0. The zero-order valence-electron chi connectivity index (χ0n) is 20.3. The van der Waals surface area contributed by atoms with E-state index in [2.05, 4.69) is 10.3 Å². The van der Waals surface area contributed by atoms with Gasteiger partial charge in [0.1, 0.15) is 6.54 Å². The van der Waals surface area contributed by atoms with Crippen LogP contribution >= 0.6 is 0 Å². The second-order valence-electron chi connectivity index (χ2n) is 8.73. The fourth-order valence-electron chi connectivity index (χ4n) is 4.31. The van der Waals surface area contributed by atoms with Gasteiger partial charge in [-0.2, -0.15) is 0 Å². The third-order valence-electron chi connectivity index (χ3n) is 5.90. The highest BCUT2D eigenvalue weighted by atomic mass is 16.2. The van der Waals surface area contributed by atoms with Crippen molar-refractivity contribution < 1.29 is 9.59 Å². The molecule has 0 fully saturated rings. The van der Waals surface area contributed by atoms with Crippen molar-refractivity contribution in [3.05, 3.63) is 99.3 Å². The zero-order valence-corrected chi connectivity index (χ0v) is 20.3. The summed E-state index contributed by atoms with van der Waals surface area (Å²) in [5.74, 6) is -0.645. The Kier molecular flexibility index (Phi) is 6.78. The predicted octanol–water partition coefficient (Wildman–Crippen LogP) is 4.51. The third-order valence-corrected chi connectivity index (χ3v) is 5.90. The standard InChI is InChI=1S/C28H28N4O3/c1-18-14-19(2)26(20(3)15-18)30-25(34)17-32-24-13-9-8-12-23(24)29-27(28(32)35)31(21(4)33)16-22-10-6-5-7-11-22/h5-15H,16-17H2,1-4H3,(H,30,34). The maximum Gasteiger partial charge on any atom is 0.294 e. The highest BCUT2D eigenvalue weighted by Crippen LogP contribution is 2.22. The topological polar surface area (TPSA) is 84.3 Å². The monoisotopic (exact) mass is 468 g/mol. The number of hydrogen-bond acceptors (Lipinski definition) is 4. The first-order chi connectivity index (χ1) is 16.7. The van der Waals surface area contributed by atoms with Gasteiger partial charge in [-0.05, 0) is 49.6 Å². The molecule has 7 heteroatoms. The van der Waals surface area contributed by atoms with E-state index in [0.717, 1.165) is 27.9 Å². The van der Waals surface area contributed by atoms with E-state index in [1.807, 2.05) is 69.3 Å². The van der Waals surface area contributed by atoms with E-state index in [1.165, 1.54) is 16.4 Å². The average Bonchev–Trinajstić information content (AvgIpc) is 2.82. The Morgan fingerprint density at radius 2 is 1.57 bits per heavy atom. The van der Waals surface area contributed by atoms with E-state index < -0.39 is 5.56 Å². The van der Waals surface area contributed by atoms with Crippen molar-refractivity contribution in [1.82, 2.24) is 9.55 Å². The molecule has 1 N–H and O–H groups in total. The van der Waals surface area contributed by atoms with Gasteiger partial charge in [0.2, 0.25) is 17.6 Å². The van der Waals surface area contributed by atoms with Crippen molar-refractivity contribution in [3.8, 4) is 0 Å². The molecule has 0 bridgehead atoms. The van der Waals surface area contributed by atoms with Crippen LogP contribution in [0, 0.1) is 20.8 Å². The number of carbonyl (C=O) groups excluding carboxylic acids is 2. The lowest BCUT2D eigenvalue weighted by molar-refractivity contribution is -0.117. The fourth-order valence-corrected chi connectivity index (χ4v) is 4.31. The van der Waals surface area contributed by atoms with Crippen molar-refractivity contribution in [2.75, 3.05) is 10.2 Å². The molecule has 178 valence electrons. The first kappa shape index (κ1) is 23.9. The lowest BCUT2D eigenvalue weighted by Crippen LogP contribution is -2.38. The minimum Gasteiger partial charge on any atom is -0.324 e. The first-order valence-corrected chi connectivity index (χ1v) is 11.4. The van der Waals surface area contributed by atoms with Crippen molar-refractivity contribution in [3.63, 3.8) is 0 Å². The largest absolute Gasteiger partial charge is 0.324 e. The van der Waals surface area contributed by atoms with Crippen molar-refractivity contribution >= 4 is 34.4 Å². The van der Waals surface area contributed by atoms with Crippen LogP contribution in [-0.4, -0.2) is 21.4 Å². The number of amides is 2. The SMILES string of the molecule is CC(=O)N(Cc1ccccc1)c1nc2ccccc2n(CC(=O)Nc2c(C)cc(C)cc2C)c1=O. The number of rotatable bonds is 6. The molecule has 0 unspecified atom stereocenters. The van der Waals surface area contributed by atoms with Crippen LogP contribution in [0.3, 0.4) is 0 Å². The Labute approximate surface area is 204 Å². The van der Waals surface area contributed by atoms with Crippen molar-refractivity contribution in [1.29, 1.82) is 0 Å². The second-order valence-corrected chi connectivity index (χ2v) is 8.73. The molecule has 3 aromatic carbocycles. The molecule has 0 atom stereocenters. The highest BCUT2D eigenvalue weighted by Gasteiger charge is 2.22. The summed E-state index contributed by atoms with van der Waals surface area (Å²) in [6.07, 6.45) is 0. The van der Waals surface area contributed by atoms with Crippen molar-refractivity contribution in [2.45, 2.75) is 40.8 Å². The zero-order chi connectivity index (χ0) is 25.1. The number of aryl methyl sites for hydroxylation is 3. The summed E-state index contributed by atoms with van der Waals surface area (Å²) in [6.45, 7) is 7.28. The Hall–Kier alpha value is -4.26. The number of aromatic nitrogens is 2. The van der Waals surface area contributed by atoms with Gasteiger partial charge in [-0.3, -0.25) is 23.9 Å². The second kappa shape index (κ2) is 9.93. The van der Waals surface area contributed by atoms with Crippen LogP contribution in [-0.2, 0) is 22.7 Å². The van der Waals surface area contributed by atoms with E-state index in [4.69, 9.17) is 0 Å². The van der Waals surface area contributed by atoms with E-state index in [0.29, 0.717) is 11.0 Å². The van der Waals surface area contributed by atoms with Gasteiger partial charge in [0.15, 0.2) is 0 Å². The molecule has 2 amide bonds. The Bertz CT molecular complexity index is 1450. The molecule has 0 saturated carbocycles. The molecular weight excluding hydrogens is 440 g/mol. The van der Waals surface area contributed by atoms with E-state index >= 15 is 0 Å². The number of nitrogens with zero attached hydrogens (tertiary/aromatic N) is 3. The molecular formula is C28H28N4O3. The van der Waals surface area contributed by atoms with E-state index in [-0.39, 0.29) is 30.7 Å². The number of hydrogen-bond donors (Lipinski definition) is 1. The van der Waals surface area contributed by atoms with Gasteiger partial charge in [0.05, 0.1) is 17.6 Å². The smallest absolute Gasteiger partial charge is 0.294 e. The molecule has 0 radical (unpaired) electrons. The van der Waals surface area contributed by atoms with Gasteiger partial charge in [-0.15, -0.1) is 0 Å². The van der Waals surface area contributed by atoms with Gasteiger partial charge in [-0.1, -0.05) is 60.2 Å². The summed E-state index contributed by atoms with van der Waals surface area (Å²) in [7, 11) is 0. The molecule has 35 heavy (non-hydrogen) atoms. The van der Waals surface area contributed by atoms with Crippen LogP contribution in [0.4, 0.5) is 11.5 Å². The lowest BCUT2D eigenvalue weighted by atomic mass is 10.1. The molecule has 1 heterocycles. The molecule has 0 saturated heterocycles. The Morgan fingerprint density at radius 3 is 2.23 bits per heavy atom. The van der Waals surface area contributed by atoms with Gasteiger partial charge in [0, 0.05) is 12.6 Å². The first-order valence-electron chi connectivity index (χ1n) is 11.4. The van der Waals surface area contributed by atoms with Crippen LogP contribution in [0.15, 0.2) is 71.5 Å². The molecule has 0 aliphatic heterocycles. The van der Waals surface area contributed by atoms with Crippen LogP contribution < -0.4 is 15.8 Å². The maximum atomic E-state index is 13.6. The summed E-state index contributed by atoms with van der Waals surface area (Å²) in [5, 5.41) is 2.96. The molecule has 7 nitrogen and oxygen atoms in total. The molecule has 0 aliphatic rings. The minimum atomic E-state index is -0.498. The number of para-hydroxylation sites is 2. The van der Waals surface area contributed by atoms with Gasteiger partial charge in [0.25, 0.3) is 5.56 Å². The summed E-state index contributed by atoms with van der Waals surface area (Å²) in [4.78, 5) is 45.2. The Morgan fingerprint density at radius 1 is 0.943 bits per heavy atom. The summed E-state index contributed by atoms with van der Waals surface area (Å²) in [6, 6.07) is 20.5. The van der Waals surface area contributed by atoms with Crippen LogP contribution in [0.5, 0.6) is 0 Å². The predicted molar refractivity (Wildman–Crippen MR) is 139 cm³/mol. The molecule has 0 aliphatic carbocycles. The van der Waals surface area contributed by atoms with E-state index in [9.17, 15) is 14.4 Å². The number of fused-ring (bicyclic) bond motifs is 1. The van der Waals surface area contributed by atoms with Crippen molar-refractivity contribution in [2.24, 2.45) is 0 Å². The number of anilines is 2. The third kappa shape index (κ3) is 5.14. The molecule has 4 rings (SSSR count). The van der Waals surface area contributed by atoms with Crippen LogP contribution in [0.2, 0.25) is 0 Å². The fraction of sp³-hybridized carbons (Fsp3) is 0.214. The van der Waals surface area contributed by atoms with Gasteiger partial charge >= 0.3 is 0 Å². The molecule has 1 aromatic heterocycles.